The molecule has 4 aromatic rings. The molecule has 0 aliphatic heterocycles. The Morgan fingerprint density at radius 2 is 1.74 bits per heavy atom. The van der Waals surface area contributed by atoms with E-state index in [2.05, 4.69) is 9.97 Å². The summed E-state index contributed by atoms with van der Waals surface area (Å²) in [5, 5.41) is 1.93. The van der Waals surface area contributed by atoms with Gasteiger partial charge in [0.15, 0.2) is 12.6 Å². The third-order valence-electron chi connectivity index (χ3n) is 4.90. The standard InChI is InChI=1S/C23H16F6N4O2/c24-22(25,26)13-35-18-8-2-1-6-15(18)16-7-4-10-33-12-17(31-20(16)33)21(34)32-19(23(27,28)29)14-5-3-9-30-11-14/h1-12,19H,13H2,(H,32,34)/t19-/m0/s1. The van der Waals surface area contributed by atoms with E-state index in [0.717, 1.165) is 6.20 Å². The lowest BCUT2D eigenvalue weighted by Crippen LogP contribution is -2.38. The number of halogens is 6. The molecular weight excluding hydrogens is 478 g/mol. The summed E-state index contributed by atoms with van der Waals surface area (Å²) in [4.78, 5) is 20.5. The Bertz CT molecular complexity index is 1340. The molecule has 0 aliphatic rings. The van der Waals surface area contributed by atoms with Gasteiger partial charge in [-0.1, -0.05) is 24.3 Å². The zero-order valence-electron chi connectivity index (χ0n) is 17.6. The number of pyridine rings is 2. The first-order chi connectivity index (χ1) is 16.5. The van der Waals surface area contributed by atoms with Gasteiger partial charge >= 0.3 is 12.4 Å². The van der Waals surface area contributed by atoms with Crippen molar-refractivity contribution >= 4 is 11.6 Å². The largest absolute Gasteiger partial charge is 0.483 e. The van der Waals surface area contributed by atoms with E-state index in [1.54, 1.807) is 18.2 Å². The molecule has 1 aromatic carbocycles. The molecule has 0 saturated heterocycles. The third-order valence-corrected chi connectivity index (χ3v) is 4.90. The van der Waals surface area contributed by atoms with Crippen LogP contribution in [0.25, 0.3) is 16.8 Å². The Morgan fingerprint density at radius 3 is 2.43 bits per heavy atom. The van der Waals surface area contributed by atoms with Gasteiger partial charge in [-0.15, -0.1) is 0 Å². The lowest BCUT2D eigenvalue weighted by atomic mass is 10.1. The number of alkyl halides is 6. The molecule has 0 spiro atoms. The maximum atomic E-state index is 13.6. The summed E-state index contributed by atoms with van der Waals surface area (Å²) in [5.74, 6) is -1.16. The van der Waals surface area contributed by atoms with Crippen LogP contribution in [-0.2, 0) is 0 Å². The van der Waals surface area contributed by atoms with Gasteiger partial charge < -0.3 is 14.5 Å². The first-order valence-electron chi connectivity index (χ1n) is 10.1. The van der Waals surface area contributed by atoms with Crippen molar-refractivity contribution in [2.45, 2.75) is 18.4 Å². The Balaban J connectivity index is 1.68. The van der Waals surface area contributed by atoms with Crippen molar-refractivity contribution in [3.05, 3.63) is 84.6 Å². The normalized spacial score (nSPS) is 13.0. The van der Waals surface area contributed by atoms with Crippen molar-refractivity contribution < 1.29 is 35.9 Å². The summed E-state index contributed by atoms with van der Waals surface area (Å²) < 4.78 is 85.1. The summed E-state index contributed by atoms with van der Waals surface area (Å²) in [7, 11) is 0. The highest BCUT2D eigenvalue weighted by Crippen LogP contribution is 2.34. The molecule has 0 bridgehead atoms. The maximum Gasteiger partial charge on any atom is 0.422 e. The number of aromatic nitrogens is 3. The van der Waals surface area contributed by atoms with Crippen molar-refractivity contribution in [3.63, 3.8) is 0 Å². The Kier molecular flexibility index (Phi) is 6.37. The number of nitrogens with zero attached hydrogens (tertiary/aromatic N) is 3. The molecule has 0 unspecified atom stereocenters. The van der Waals surface area contributed by atoms with E-state index in [9.17, 15) is 31.1 Å². The molecule has 35 heavy (non-hydrogen) atoms. The van der Waals surface area contributed by atoms with Crippen LogP contribution in [0.15, 0.2) is 73.3 Å². The Hall–Kier alpha value is -4.09. The number of hydrogen-bond donors (Lipinski definition) is 1. The van der Waals surface area contributed by atoms with Gasteiger partial charge in [-0.25, -0.2) is 4.98 Å². The minimum atomic E-state index is -4.79. The number of ether oxygens (including phenoxy) is 1. The van der Waals surface area contributed by atoms with Crippen LogP contribution in [0, 0.1) is 0 Å². The molecule has 0 saturated carbocycles. The molecule has 12 heteroatoms. The molecule has 0 aliphatic carbocycles. The summed E-state index contributed by atoms with van der Waals surface area (Å²) in [6, 6.07) is 9.23. The van der Waals surface area contributed by atoms with Crippen LogP contribution in [0.4, 0.5) is 26.3 Å². The van der Waals surface area contributed by atoms with Crippen LogP contribution in [0.2, 0.25) is 0 Å². The molecule has 6 nitrogen and oxygen atoms in total. The van der Waals surface area contributed by atoms with E-state index in [0.29, 0.717) is 5.56 Å². The summed E-state index contributed by atoms with van der Waals surface area (Å²) in [5.41, 5.74) is 0.163. The molecule has 3 aromatic heterocycles. The summed E-state index contributed by atoms with van der Waals surface area (Å²) in [6.45, 7) is -1.51. The molecule has 4 rings (SSSR count). The number of carbonyl (C=O) groups is 1. The smallest absolute Gasteiger partial charge is 0.422 e. The number of hydrogen-bond acceptors (Lipinski definition) is 4. The zero-order chi connectivity index (χ0) is 25.2. The second-order valence-corrected chi connectivity index (χ2v) is 7.41. The van der Waals surface area contributed by atoms with Gasteiger partial charge in [0, 0.05) is 41.5 Å². The predicted octanol–water partition coefficient (Wildman–Crippen LogP) is 5.37. The van der Waals surface area contributed by atoms with Crippen LogP contribution in [0.1, 0.15) is 22.1 Å². The molecule has 1 atom stereocenters. The van der Waals surface area contributed by atoms with E-state index < -0.39 is 30.9 Å². The number of fused-ring (bicyclic) bond motifs is 1. The van der Waals surface area contributed by atoms with Gasteiger partial charge in [-0.05, 0) is 24.3 Å². The van der Waals surface area contributed by atoms with Crippen molar-refractivity contribution in [1.82, 2.24) is 19.7 Å². The van der Waals surface area contributed by atoms with Gasteiger partial charge in [0.1, 0.15) is 17.1 Å². The number of carbonyl (C=O) groups excluding carboxylic acids is 1. The third kappa shape index (κ3) is 5.53. The molecule has 182 valence electrons. The van der Waals surface area contributed by atoms with Crippen LogP contribution < -0.4 is 10.1 Å². The number of para-hydroxylation sites is 1. The predicted molar refractivity (Wildman–Crippen MR) is 113 cm³/mol. The minimum absolute atomic E-state index is 0.0689. The Morgan fingerprint density at radius 1 is 1.00 bits per heavy atom. The quantitative estimate of drug-likeness (QED) is 0.366. The van der Waals surface area contributed by atoms with Crippen molar-refractivity contribution in [3.8, 4) is 16.9 Å². The fraction of sp³-hybridized carbons (Fsp3) is 0.174. The van der Waals surface area contributed by atoms with Gasteiger partial charge in [0.2, 0.25) is 0 Å². The van der Waals surface area contributed by atoms with E-state index in [1.165, 1.54) is 53.3 Å². The molecule has 1 amide bonds. The van der Waals surface area contributed by atoms with Gasteiger partial charge in [-0.2, -0.15) is 26.3 Å². The number of rotatable bonds is 6. The molecule has 1 N–H and O–H groups in total. The minimum Gasteiger partial charge on any atom is -0.483 e. The molecule has 0 radical (unpaired) electrons. The first-order valence-corrected chi connectivity index (χ1v) is 10.1. The fourth-order valence-electron chi connectivity index (χ4n) is 3.41. The summed E-state index contributed by atoms with van der Waals surface area (Å²) in [6.07, 6.45) is -4.32. The number of amides is 1. The highest BCUT2D eigenvalue weighted by molar-refractivity contribution is 5.94. The SMILES string of the molecule is O=C(N[C@@H](c1cccnc1)C(F)(F)F)c1cn2cccc(-c3ccccc3OCC(F)(F)F)c2n1. The maximum absolute atomic E-state index is 13.6. The lowest BCUT2D eigenvalue weighted by molar-refractivity contribution is -0.155. The fourth-order valence-corrected chi connectivity index (χ4v) is 3.41. The van der Waals surface area contributed by atoms with E-state index in [4.69, 9.17) is 4.74 Å². The van der Waals surface area contributed by atoms with Crippen LogP contribution >= 0.6 is 0 Å². The van der Waals surface area contributed by atoms with Crippen molar-refractivity contribution in [2.75, 3.05) is 6.61 Å². The zero-order valence-corrected chi connectivity index (χ0v) is 17.6. The summed E-state index contributed by atoms with van der Waals surface area (Å²) >= 11 is 0. The molecular formula is C23H16F6N4O2. The average Bonchev–Trinajstić information content (AvgIpc) is 3.25. The first kappa shape index (κ1) is 24.0. The van der Waals surface area contributed by atoms with E-state index in [-0.39, 0.29) is 28.2 Å². The number of imidazole rings is 1. The molecule has 3 heterocycles. The van der Waals surface area contributed by atoms with Crippen LogP contribution in [-0.4, -0.2) is 39.2 Å². The van der Waals surface area contributed by atoms with Crippen LogP contribution in [0.3, 0.4) is 0 Å². The lowest BCUT2D eigenvalue weighted by Gasteiger charge is -2.21. The van der Waals surface area contributed by atoms with Crippen molar-refractivity contribution in [1.29, 1.82) is 0 Å². The topological polar surface area (TPSA) is 68.5 Å². The highest BCUT2D eigenvalue weighted by Gasteiger charge is 2.42. The highest BCUT2D eigenvalue weighted by atomic mass is 19.4. The molecule has 0 fully saturated rings. The van der Waals surface area contributed by atoms with Crippen LogP contribution in [0.5, 0.6) is 5.75 Å². The van der Waals surface area contributed by atoms with Gasteiger partial charge in [0.05, 0.1) is 0 Å². The number of benzene rings is 1. The van der Waals surface area contributed by atoms with Crippen molar-refractivity contribution in [2.24, 2.45) is 0 Å². The number of nitrogens with one attached hydrogen (secondary N) is 1. The van der Waals surface area contributed by atoms with E-state index in [1.807, 2.05) is 5.32 Å². The monoisotopic (exact) mass is 494 g/mol. The Labute approximate surface area is 194 Å². The second-order valence-electron chi connectivity index (χ2n) is 7.41. The average molecular weight is 494 g/mol. The van der Waals surface area contributed by atoms with Gasteiger partial charge in [0.25, 0.3) is 5.91 Å². The second kappa shape index (κ2) is 9.28. The van der Waals surface area contributed by atoms with E-state index >= 15 is 0 Å². The van der Waals surface area contributed by atoms with Gasteiger partial charge in [-0.3, -0.25) is 9.78 Å².